The molecule has 0 amide bonds. The second-order valence-electron chi connectivity index (χ2n) is 1.20. The number of nitrogens with zero attached hydrogens (tertiary/aromatic N) is 2. The highest BCUT2D eigenvalue weighted by molar-refractivity contribution is 5.35. The summed E-state index contributed by atoms with van der Waals surface area (Å²) >= 11 is 0. The van der Waals surface area contributed by atoms with Crippen LogP contribution in [0.2, 0.25) is 0 Å². The average Bonchev–Trinajstić information content (AvgIpc) is 1.89. The lowest BCUT2D eigenvalue weighted by molar-refractivity contribution is 0.233. The van der Waals surface area contributed by atoms with Crippen LogP contribution in [-0.4, -0.2) is 23.5 Å². The first kappa shape index (κ1) is 8.46. The van der Waals surface area contributed by atoms with Crippen molar-refractivity contribution in [2.45, 2.75) is 6.23 Å². The topological polar surface area (TPSA) is 79.1 Å². The SMILES string of the molecule is O=C=NC=CC(O)N=C=O. The molecule has 0 aromatic rings. The zero-order chi connectivity index (χ0) is 7.82. The molecule has 0 spiro atoms. The van der Waals surface area contributed by atoms with Crippen molar-refractivity contribution < 1.29 is 14.7 Å². The van der Waals surface area contributed by atoms with E-state index in [4.69, 9.17) is 5.11 Å². The van der Waals surface area contributed by atoms with E-state index in [-0.39, 0.29) is 0 Å². The van der Waals surface area contributed by atoms with Gasteiger partial charge in [0.05, 0.1) is 0 Å². The van der Waals surface area contributed by atoms with Gasteiger partial charge >= 0.3 is 0 Å². The molecule has 1 unspecified atom stereocenters. The normalized spacial score (nSPS) is 11.7. The number of rotatable bonds is 3. The maximum absolute atomic E-state index is 9.45. The Morgan fingerprint density at radius 3 is 2.60 bits per heavy atom. The van der Waals surface area contributed by atoms with Crippen molar-refractivity contribution in [2.75, 3.05) is 0 Å². The minimum atomic E-state index is -1.28. The van der Waals surface area contributed by atoms with E-state index in [9.17, 15) is 9.59 Å². The summed E-state index contributed by atoms with van der Waals surface area (Å²) in [6, 6.07) is 0. The van der Waals surface area contributed by atoms with Crippen LogP contribution in [-0.2, 0) is 9.59 Å². The molecule has 1 N–H and O–H groups in total. The molecule has 0 rings (SSSR count). The van der Waals surface area contributed by atoms with E-state index in [1.54, 1.807) is 0 Å². The third kappa shape index (κ3) is 4.61. The molecule has 0 aliphatic heterocycles. The first-order valence-electron chi connectivity index (χ1n) is 2.30. The number of hydrogen-bond donors (Lipinski definition) is 1. The second kappa shape index (κ2) is 5.59. The van der Waals surface area contributed by atoms with E-state index in [0.717, 1.165) is 18.4 Å². The van der Waals surface area contributed by atoms with Crippen molar-refractivity contribution in [1.29, 1.82) is 0 Å². The van der Waals surface area contributed by atoms with E-state index < -0.39 is 6.23 Å². The number of aliphatic hydroxyl groups is 1. The third-order valence-electron chi connectivity index (χ3n) is 0.570. The Morgan fingerprint density at radius 1 is 1.40 bits per heavy atom. The van der Waals surface area contributed by atoms with Crippen molar-refractivity contribution in [1.82, 2.24) is 0 Å². The smallest absolute Gasteiger partial charge is 0.239 e. The van der Waals surface area contributed by atoms with Gasteiger partial charge in [-0.1, -0.05) is 0 Å². The molecule has 1 atom stereocenters. The Bertz CT molecular complexity index is 211. The lowest BCUT2D eigenvalue weighted by Crippen LogP contribution is -1.94. The quantitative estimate of drug-likeness (QED) is 0.423. The number of carbonyl (C=O) groups excluding carboxylic acids is 2. The van der Waals surface area contributed by atoms with Crippen molar-refractivity contribution >= 4 is 12.2 Å². The predicted molar refractivity (Wildman–Crippen MR) is 31.4 cm³/mol. The maximum atomic E-state index is 9.45. The van der Waals surface area contributed by atoms with Gasteiger partial charge in [0.15, 0.2) is 6.23 Å². The minimum absolute atomic E-state index is 0.985. The first-order chi connectivity index (χ1) is 4.81. The lowest BCUT2D eigenvalue weighted by Gasteiger charge is -1.87. The molecule has 0 radical (unpaired) electrons. The van der Waals surface area contributed by atoms with Crippen LogP contribution in [0.15, 0.2) is 22.3 Å². The van der Waals surface area contributed by atoms with E-state index in [1.165, 1.54) is 6.08 Å². The standard InChI is InChI=1S/C5H4N2O3/c8-3-6-2-1-5(10)7-4-9/h1-2,5,10H. The molecule has 0 saturated carbocycles. The highest BCUT2D eigenvalue weighted by Gasteiger charge is 1.88. The summed E-state index contributed by atoms with van der Waals surface area (Å²) in [4.78, 5) is 24.7. The predicted octanol–water partition coefficient (Wildman–Crippen LogP) is -0.510. The fourth-order valence-corrected chi connectivity index (χ4v) is 0.247. The van der Waals surface area contributed by atoms with Gasteiger partial charge < -0.3 is 5.11 Å². The molecule has 10 heavy (non-hydrogen) atoms. The van der Waals surface area contributed by atoms with Gasteiger partial charge in [0, 0.05) is 6.20 Å². The maximum Gasteiger partial charge on any atom is 0.239 e. The zero-order valence-corrected chi connectivity index (χ0v) is 4.89. The average molecular weight is 140 g/mol. The molecule has 5 nitrogen and oxygen atoms in total. The van der Waals surface area contributed by atoms with E-state index in [2.05, 4.69) is 9.98 Å². The van der Waals surface area contributed by atoms with Crippen LogP contribution in [0.5, 0.6) is 0 Å². The number of aliphatic imine (C=N–C) groups is 2. The third-order valence-corrected chi connectivity index (χ3v) is 0.570. The summed E-state index contributed by atoms with van der Waals surface area (Å²) in [6.45, 7) is 0. The van der Waals surface area contributed by atoms with Crippen LogP contribution in [0.3, 0.4) is 0 Å². The fourth-order valence-electron chi connectivity index (χ4n) is 0.247. The Morgan fingerprint density at radius 2 is 2.10 bits per heavy atom. The van der Waals surface area contributed by atoms with Crippen LogP contribution in [0, 0.1) is 0 Å². The van der Waals surface area contributed by atoms with Gasteiger partial charge in [-0.15, -0.1) is 0 Å². The molecule has 0 heterocycles. The summed E-state index contributed by atoms with van der Waals surface area (Å²) in [5.41, 5.74) is 0. The highest BCUT2D eigenvalue weighted by Crippen LogP contribution is 1.84. The summed E-state index contributed by atoms with van der Waals surface area (Å²) in [7, 11) is 0. The molecular weight excluding hydrogens is 136 g/mol. The number of isocyanates is 2. The molecule has 0 aliphatic rings. The Labute approximate surface area is 56.4 Å². The monoisotopic (exact) mass is 140 g/mol. The highest BCUT2D eigenvalue weighted by atomic mass is 16.3. The Balaban J connectivity index is 3.88. The molecule has 0 bridgehead atoms. The van der Waals surface area contributed by atoms with Gasteiger partial charge in [-0.2, -0.15) is 9.98 Å². The minimum Gasteiger partial charge on any atom is -0.368 e. The van der Waals surface area contributed by atoms with Gasteiger partial charge in [-0.05, 0) is 6.08 Å². The van der Waals surface area contributed by atoms with Gasteiger partial charge in [0.25, 0.3) is 0 Å². The fraction of sp³-hybridized carbons (Fsp3) is 0.200. The van der Waals surface area contributed by atoms with Gasteiger partial charge in [-0.3, -0.25) is 0 Å². The number of aliphatic hydroxyl groups excluding tert-OH is 1. The summed E-state index contributed by atoms with van der Waals surface area (Å²) < 4.78 is 0. The molecule has 0 saturated heterocycles. The van der Waals surface area contributed by atoms with Gasteiger partial charge in [0.2, 0.25) is 12.2 Å². The van der Waals surface area contributed by atoms with E-state index in [0.29, 0.717) is 0 Å². The molecule has 52 valence electrons. The van der Waals surface area contributed by atoms with Gasteiger partial charge in [-0.25, -0.2) is 9.59 Å². The molecule has 0 aliphatic carbocycles. The Hall–Kier alpha value is -1.54. The van der Waals surface area contributed by atoms with Crippen LogP contribution < -0.4 is 0 Å². The van der Waals surface area contributed by atoms with Crippen LogP contribution in [0.1, 0.15) is 0 Å². The van der Waals surface area contributed by atoms with Crippen LogP contribution >= 0.6 is 0 Å². The van der Waals surface area contributed by atoms with E-state index in [1.807, 2.05) is 0 Å². The molecule has 0 aromatic heterocycles. The van der Waals surface area contributed by atoms with Crippen LogP contribution in [0.25, 0.3) is 0 Å². The molecular formula is C5H4N2O3. The van der Waals surface area contributed by atoms with Crippen molar-refractivity contribution in [3.05, 3.63) is 12.3 Å². The lowest BCUT2D eigenvalue weighted by atomic mass is 10.5. The molecule has 0 fully saturated rings. The summed E-state index contributed by atoms with van der Waals surface area (Å²) in [5, 5.41) is 8.57. The zero-order valence-electron chi connectivity index (χ0n) is 4.89. The largest absolute Gasteiger partial charge is 0.368 e. The first-order valence-corrected chi connectivity index (χ1v) is 2.30. The number of hydrogen-bond acceptors (Lipinski definition) is 5. The van der Waals surface area contributed by atoms with Crippen molar-refractivity contribution in [2.24, 2.45) is 9.98 Å². The molecule has 5 heteroatoms. The van der Waals surface area contributed by atoms with Crippen molar-refractivity contribution in [3.8, 4) is 0 Å². The van der Waals surface area contributed by atoms with E-state index >= 15 is 0 Å². The van der Waals surface area contributed by atoms with Crippen molar-refractivity contribution in [3.63, 3.8) is 0 Å². The summed E-state index contributed by atoms with van der Waals surface area (Å²) in [5.74, 6) is 0. The molecule has 0 aromatic carbocycles. The van der Waals surface area contributed by atoms with Crippen LogP contribution in [0.4, 0.5) is 0 Å². The van der Waals surface area contributed by atoms with Gasteiger partial charge in [0.1, 0.15) is 0 Å². The second-order valence-corrected chi connectivity index (χ2v) is 1.20. The Kier molecular flexibility index (Phi) is 4.73. The summed E-state index contributed by atoms with van der Waals surface area (Å²) in [6.07, 6.45) is 3.07.